The molecule has 0 aliphatic carbocycles. The van der Waals surface area contributed by atoms with Gasteiger partial charge in [0, 0.05) is 34.2 Å². The number of esters is 3. The summed E-state index contributed by atoms with van der Waals surface area (Å²) in [5.74, 6) is 0.588. The molecule has 0 saturated carbocycles. The van der Waals surface area contributed by atoms with Gasteiger partial charge in [-0.3, -0.25) is 57.2 Å². The van der Waals surface area contributed by atoms with E-state index in [4.69, 9.17) is 28.4 Å². The maximum absolute atomic E-state index is 13.5. The van der Waals surface area contributed by atoms with Crippen LogP contribution < -0.4 is 44.4 Å². The Balaban J connectivity index is 0.000000354. The Hall–Kier alpha value is -10.7. The minimum Gasteiger partial charge on any atom is -0.496 e. The van der Waals surface area contributed by atoms with Gasteiger partial charge in [-0.25, -0.2) is 0 Å². The zero-order valence-corrected chi connectivity index (χ0v) is 70.4. The number of aromatic nitrogens is 6. The quantitative estimate of drug-likeness (QED) is 0.0238. The molecule has 3 N–H and O–H groups in total. The highest BCUT2D eigenvalue weighted by Gasteiger charge is 2.34. The second-order valence-electron chi connectivity index (χ2n) is 29.1. The van der Waals surface area contributed by atoms with Crippen LogP contribution in [0, 0.1) is 35.5 Å². The minimum atomic E-state index is -0.834. The molecule has 0 saturated heterocycles. The van der Waals surface area contributed by atoms with E-state index in [1.807, 2.05) is 108 Å². The number of nitrogens with one attached hydrogen (secondary N) is 3. The zero-order valence-electron chi connectivity index (χ0n) is 70.4. The molecule has 6 aromatic rings. The first kappa shape index (κ1) is 93.7. The normalized spacial score (nSPS) is 12.4. The van der Waals surface area contributed by atoms with Crippen molar-refractivity contribution in [3.63, 3.8) is 0 Å². The minimum absolute atomic E-state index is 0.0505. The molecule has 3 aromatic carbocycles. The third kappa shape index (κ3) is 26.2. The molecule has 0 bridgehead atoms. The highest BCUT2D eigenvalue weighted by molar-refractivity contribution is 6.00. The van der Waals surface area contributed by atoms with E-state index in [-0.39, 0.29) is 84.2 Å². The van der Waals surface area contributed by atoms with Crippen LogP contribution in [0.1, 0.15) is 166 Å². The molecule has 618 valence electrons. The second-order valence-corrected chi connectivity index (χ2v) is 29.1. The topological polar surface area (TPSA) is 336 Å². The number of nitrogens with zero attached hydrogens (tertiary/aromatic N) is 9. The van der Waals surface area contributed by atoms with Gasteiger partial charge in [0.25, 0.3) is 17.7 Å². The predicted molar refractivity (Wildman–Crippen MR) is 426 cm³/mol. The summed E-state index contributed by atoms with van der Waals surface area (Å²) < 4.78 is 53.0. The molecular formula is C82H122N12O18. The fourth-order valence-electron chi connectivity index (χ4n) is 12.1. The number of hydrogen-bond donors (Lipinski definition) is 3. The molecule has 0 fully saturated rings. The third-order valence-electron chi connectivity index (χ3n) is 19.0. The van der Waals surface area contributed by atoms with E-state index in [1.165, 1.54) is 57.2 Å². The van der Waals surface area contributed by atoms with E-state index in [0.717, 1.165) is 19.3 Å². The van der Waals surface area contributed by atoms with Gasteiger partial charge in [-0.05, 0) is 116 Å². The molecule has 3 aromatic heterocycles. The van der Waals surface area contributed by atoms with E-state index in [9.17, 15) is 43.2 Å². The van der Waals surface area contributed by atoms with E-state index < -0.39 is 53.8 Å². The lowest BCUT2D eigenvalue weighted by Crippen LogP contribution is -2.49. The van der Waals surface area contributed by atoms with Gasteiger partial charge in [-0.1, -0.05) is 121 Å². The molecule has 112 heavy (non-hydrogen) atoms. The molecule has 0 aliphatic heterocycles. The standard InChI is InChI=1S/C28H42N4O6.2C27H40N4O6/c1-9-19(10-2)16-32-22(26-23(36-6)12-11-13-24(26)37-7)15-20(30-32)27(34)29-21(14-18(3)4)28(35)31(5)17-25(33)38-8;1-16(2)13-20(27(34)30(6)15-24(32)37-9)28-26(33)19-14-21(31(29-19)18(5)17(3)4)25-22(35-7)11-10-12-23(25)36-8;1-9-18(4)15-31-21(25-22(35-6)11-10-12-23(25)36-7)14-19(29-31)26(33)28-20(13-17(2)3)27(34)30(5)16-24(32)37-8/h11-13,15,18-19,21H,9-10,14,16-17H2,1-8H3,(H,29,34);10-12,14,16-18,20H,13,15H2,1-9H3,(H,28,33);10-12,14,17-18,20H,9,13,15-16H2,1-8H3,(H,28,33)/t21-;2*18?,20-/m000/s1. The van der Waals surface area contributed by atoms with Crippen molar-refractivity contribution in [3.05, 3.63) is 89.9 Å². The summed E-state index contributed by atoms with van der Waals surface area (Å²) in [7, 11) is 17.8. The van der Waals surface area contributed by atoms with E-state index >= 15 is 0 Å². The van der Waals surface area contributed by atoms with Crippen molar-refractivity contribution < 1.29 is 85.8 Å². The van der Waals surface area contributed by atoms with Gasteiger partial charge in [0.15, 0.2) is 17.1 Å². The molecule has 0 spiro atoms. The van der Waals surface area contributed by atoms with Crippen LogP contribution in [0.25, 0.3) is 33.8 Å². The van der Waals surface area contributed by atoms with Crippen LogP contribution in [-0.4, -0.2) is 220 Å². The number of carbonyl (C=O) groups is 9. The number of methoxy groups -OCH3 is 9. The Kier molecular flexibility index (Phi) is 38.1. The summed E-state index contributed by atoms with van der Waals surface area (Å²) in [4.78, 5) is 118. The molecule has 30 nitrogen and oxygen atoms in total. The van der Waals surface area contributed by atoms with Crippen LogP contribution in [0.5, 0.6) is 34.5 Å². The fraction of sp³-hybridized carbons (Fsp3) is 0.561. The Morgan fingerprint density at radius 1 is 0.393 bits per heavy atom. The summed E-state index contributed by atoms with van der Waals surface area (Å²) in [5, 5.41) is 22.4. The zero-order chi connectivity index (χ0) is 84.0. The number of carbonyl (C=O) groups excluding carboxylic acids is 9. The summed E-state index contributed by atoms with van der Waals surface area (Å²) >= 11 is 0. The molecule has 2 unspecified atom stereocenters. The number of benzene rings is 3. The van der Waals surface area contributed by atoms with Crippen molar-refractivity contribution in [2.75, 3.05) is 105 Å². The van der Waals surface area contributed by atoms with E-state index in [0.29, 0.717) is 112 Å². The van der Waals surface area contributed by atoms with Crippen molar-refractivity contribution in [3.8, 4) is 68.3 Å². The van der Waals surface area contributed by atoms with Crippen LogP contribution in [0.2, 0.25) is 0 Å². The van der Waals surface area contributed by atoms with Crippen LogP contribution >= 0.6 is 0 Å². The molecule has 0 radical (unpaired) electrons. The first-order valence-electron chi connectivity index (χ1n) is 37.9. The van der Waals surface area contributed by atoms with Gasteiger partial charge >= 0.3 is 17.9 Å². The lowest BCUT2D eigenvalue weighted by atomic mass is 10.0. The van der Waals surface area contributed by atoms with Gasteiger partial charge in [-0.15, -0.1) is 0 Å². The largest absolute Gasteiger partial charge is 0.496 e. The molecule has 0 aliphatic rings. The third-order valence-corrected chi connectivity index (χ3v) is 19.0. The van der Waals surface area contributed by atoms with E-state index in [1.54, 1.807) is 70.2 Å². The second kappa shape index (κ2) is 45.6. The Morgan fingerprint density at radius 3 is 0.929 bits per heavy atom. The van der Waals surface area contributed by atoms with Crippen LogP contribution in [0.15, 0.2) is 72.8 Å². The van der Waals surface area contributed by atoms with Crippen molar-refractivity contribution in [1.82, 2.24) is 60.0 Å². The molecule has 3 heterocycles. The molecule has 5 atom stereocenters. The average Bonchev–Trinajstić information content (AvgIpc) is 1.62. The number of ether oxygens (including phenoxy) is 9. The summed E-state index contributed by atoms with van der Waals surface area (Å²) in [5.41, 5.74) is 4.60. The lowest BCUT2D eigenvalue weighted by molar-refractivity contribution is -0.146. The highest BCUT2D eigenvalue weighted by Crippen LogP contribution is 2.43. The predicted octanol–water partition coefficient (Wildman–Crippen LogP) is 10.7. The molecule has 6 amide bonds. The molecule has 6 rings (SSSR count). The van der Waals surface area contributed by atoms with Gasteiger partial charge < -0.3 is 73.3 Å². The number of hydrogen-bond acceptors (Lipinski definition) is 21. The van der Waals surface area contributed by atoms with Crippen molar-refractivity contribution in [1.29, 1.82) is 0 Å². The summed E-state index contributed by atoms with van der Waals surface area (Å²) in [6, 6.07) is 19.0. The number of likely N-dealkylation sites (N-methyl/N-ethyl adjacent to an activating group) is 3. The van der Waals surface area contributed by atoms with Gasteiger partial charge in [-0.2, -0.15) is 15.3 Å². The smallest absolute Gasteiger partial charge is 0.325 e. The average molecular weight is 1560 g/mol. The van der Waals surface area contributed by atoms with Gasteiger partial charge in [0.05, 0.1) is 104 Å². The Labute approximate surface area is 660 Å². The van der Waals surface area contributed by atoms with Crippen molar-refractivity contribution in [2.45, 2.75) is 166 Å². The molecular weight excluding hydrogens is 1440 g/mol. The summed E-state index contributed by atoms with van der Waals surface area (Å²) in [6.45, 7) is 26.9. The Morgan fingerprint density at radius 2 is 0.670 bits per heavy atom. The molecule has 30 heteroatoms. The van der Waals surface area contributed by atoms with Crippen LogP contribution in [-0.2, 0) is 56.1 Å². The first-order chi connectivity index (χ1) is 53.1. The maximum Gasteiger partial charge on any atom is 0.325 e. The maximum atomic E-state index is 13.5. The fourth-order valence-corrected chi connectivity index (χ4v) is 12.1. The Bertz CT molecular complexity index is 4020. The van der Waals surface area contributed by atoms with Gasteiger partial charge in [0.1, 0.15) is 72.3 Å². The highest BCUT2D eigenvalue weighted by atomic mass is 16.5. The van der Waals surface area contributed by atoms with Crippen LogP contribution in [0.3, 0.4) is 0 Å². The monoisotopic (exact) mass is 1560 g/mol. The van der Waals surface area contributed by atoms with E-state index in [2.05, 4.69) is 87.0 Å². The summed E-state index contributed by atoms with van der Waals surface area (Å²) in [6.07, 6.45) is 4.04. The number of amides is 6. The first-order valence-corrected chi connectivity index (χ1v) is 37.9. The van der Waals surface area contributed by atoms with Crippen molar-refractivity contribution >= 4 is 53.4 Å². The van der Waals surface area contributed by atoms with Crippen molar-refractivity contribution in [2.24, 2.45) is 35.5 Å². The van der Waals surface area contributed by atoms with Gasteiger partial charge in [0.2, 0.25) is 17.7 Å². The lowest BCUT2D eigenvalue weighted by Gasteiger charge is -2.24. The van der Waals surface area contributed by atoms with Crippen LogP contribution in [0.4, 0.5) is 0 Å². The number of rotatable bonds is 39. The SMILES string of the molecule is CCC(C)Cn1nc(C(=O)N[C@@H](CC(C)C)C(=O)N(C)CC(=O)OC)cc1-c1c(OC)cccc1OC.CCC(CC)Cn1nc(C(=O)N[C@@H](CC(C)C)C(=O)N(C)CC(=O)OC)cc1-c1c(OC)cccc1OC.COC(=O)CN(C)C(=O)[C@H](CC(C)C)NC(=O)c1cc(-c2c(OC)cccc2OC)n(C(C)C(C)C)n1.